The fourth-order valence-electron chi connectivity index (χ4n) is 3.70. The Labute approximate surface area is 142 Å². The lowest BCUT2D eigenvalue weighted by atomic mass is 9.87. The van der Waals surface area contributed by atoms with Crippen LogP contribution < -0.4 is 10.1 Å². The second-order valence-electron chi connectivity index (χ2n) is 6.59. The molecule has 124 valence electrons. The van der Waals surface area contributed by atoms with Gasteiger partial charge in [0.2, 0.25) is 0 Å². The number of carbonyl (C=O) groups is 1. The highest BCUT2D eigenvalue weighted by Crippen LogP contribution is 2.39. The number of benzene rings is 2. The third-order valence-corrected chi connectivity index (χ3v) is 4.96. The molecule has 1 saturated heterocycles. The maximum absolute atomic E-state index is 11.7. The Morgan fingerprint density at radius 2 is 1.83 bits per heavy atom. The number of hydrogen-bond donors (Lipinski definition) is 1. The van der Waals surface area contributed by atoms with Crippen molar-refractivity contribution < 1.29 is 9.53 Å². The van der Waals surface area contributed by atoms with Gasteiger partial charge in [0.25, 0.3) is 5.91 Å². The maximum atomic E-state index is 11.7. The summed E-state index contributed by atoms with van der Waals surface area (Å²) in [6.45, 7) is 3.29. The van der Waals surface area contributed by atoms with E-state index in [1.807, 2.05) is 12.1 Å². The van der Waals surface area contributed by atoms with Crippen LogP contribution in [0.15, 0.2) is 48.5 Å². The number of anilines is 1. The van der Waals surface area contributed by atoms with Gasteiger partial charge in [-0.15, -0.1) is 0 Å². The van der Waals surface area contributed by atoms with Gasteiger partial charge in [-0.25, -0.2) is 0 Å². The zero-order valence-electron chi connectivity index (χ0n) is 13.7. The molecule has 2 aliphatic rings. The third-order valence-electron chi connectivity index (χ3n) is 4.96. The summed E-state index contributed by atoms with van der Waals surface area (Å²) in [6.07, 6.45) is 2.22. The first kappa shape index (κ1) is 15.2. The number of para-hydroxylation sites is 1. The molecule has 1 fully saturated rings. The van der Waals surface area contributed by atoms with E-state index in [2.05, 4.69) is 46.6 Å². The molecule has 24 heavy (non-hydrogen) atoms. The molecule has 1 N–H and O–H groups in total. The molecule has 4 nitrogen and oxygen atoms in total. The molecule has 2 heterocycles. The normalized spacial score (nSPS) is 18.6. The van der Waals surface area contributed by atoms with Gasteiger partial charge in [-0.05, 0) is 49.0 Å². The van der Waals surface area contributed by atoms with Crippen LogP contribution in [0.5, 0.6) is 5.75 Å². The van der Waals surface area contributed by atoms with Crippen molar-refractivity contribution in [2.75, 3.05) is 25.0 Å². The molecule has 0 unspecified atom stereocenters. The largest absolute Gasteiger partial charge is 0.482 e. The predicted octanol–water partition coefficient (Wildman–Crippen LogP) is 3.40. The van der Waals surface area contributed by atoms with Crippen LogP contribution in [0.3, 0.4) is 0 Å². The SMILES string of the molecule is O=C1COc2cccc(C3CCN(Cc4ccccc4)CC3)c2N1. The van der Waals surface area contributed by atoms with Crippen LogP contribution in [-0.2, 0) is 11.3 Å². The van der Waals surface area contributed by atoms with Crippen molar-refractivity contribution >= 4 is 11.6 Å². The van der Waals surface area contributed by atoms with E-state index in [1.54, 1.807) is 0 Å². The number of hydrogen-bond acceptors (Lipinski definition) is 3. The van der Waals surface area contributed by atoms with Crippen LogP contribution in [0, 0.1) is 0 Å². The molecule has 0 aromatic heterocycles. The number of ether oxygens (including phenoxy) is 1. The molecule has 0 aliphatic carbocycles. The fourth-order valence-corrected chi connectivity index (χ4v) is 3.70. The molecule has 0 spiro atoms. The van der Waals surface area contributed by atoms with Crippen molar-refractivity contribution in [1.29, 1.82) is 0 Å². The standard InChI is InChI=1S/C20H22N2O2/c23-19-14-24-18-8-4-7-17(20(18)21-19)16-9-11-22(12-10-16)13-15-5-2-1-3-6-15/h1-8,16H,9-14H2,(H,21,23). The second kappa shape index (κ2) is 6.65. The lowest BCUT2D eigenvalue weighted by molar-refractivity contribution is -0.118. The van der Waals surface area contributed by atoms with E-state index >= 15 is 0 Å². The Morgan fingerprint density at radius 3 is 2.62 bits per heavy atom. The summed E-state index contributed by atoms with van der Waals surface area (Å²) in [5.74, 6) is 1.23. The first-order valence-corrected chi connectivity index (χ1v) is 8.61. The first-order chi connectivity index (χ1) is 11.8. The number of piperidine rings is 1. The summed E-state index contributed by atoms with van der Waals surface area (Å²) in [6, 6.07) is 16.7. The minimum atomic E-state index is -0.0588. The molecular formula is C20H22N2O2. The quantitative estimate of drug-likeness (QED) is 0.942. The van der Waals surface area contributed by atoms with Crippen LogP contribution >= 0.6 is 0 Å². The summed E-state index contributed by atoms with van der Waals surface area (Å²) in [5.41, 5.74) is 3.48. The van der Waals surface area contributed by atoms with Crippen molar-refractivity contribution in [3.8, 4) is 5.75 Å². The Morgan fingerprint density at radius 1 is 1.04 bits per heavy atom. The summed E-state index contributed by atoms with van der Waals surface area (Å²) in [4.78, 5) is 14.2. The Bertz CT molecular complexity index is 722. The number of likely N-dealkylation sites (tertiary alicyclic amines) is 1. The van der Waals surface area contributed by atoms with Crippen LogP contribution in [0.25, 0.3) is 0 Å². The molecule has 0 radical (unpaired) electrons. The van der Waals surface area contributed by atoms with Crippen LogP contribution in [-0.4, -0.2) is 30.5 Å². The van der Waals surface area contributed by atoms with Crippen LogP contribution in [0.4, 0.5) is 5.69 Å². The number of amides is 1. The number of fused-ring (bicyclic) bond motifs is 1. The predicted molar refractivity (Wildman–Crippen MR) is 94.3 cm³/mol. The van der Waals surface area contributed by atoms with E-state index < -0.39 is 0 Å². The van der Waals surface area contributed by atoms with Gasteiger partial charge in [-0.1, -0.05) is 42.5 Å². The zero-order valence-corrected chi connectivity index (χ0v) is 13.7. The van der Waals surface area contributed by atoms with Crippen molar-refractivity contribution in [2.24, 2.45) is 0 Å². The summed E-state index contributed by atoms with van der Waals surface area (Å²) < 4.78 is 5.54. The highest BCUT2D eigenvalue weighted by atomic mass is 16.5. The van der Waals surface area contributed by atoms with Gasteiger partial charge in [0.1, 0.15) is 5.75 Å². The van der Waals surface area contributed by atoms with Crippen LogP contribution in [0.1, 0.15) is 29.9 Å². The van der Waals surface area contributed by atoms with Gasteiger partial charge in [0.15, 0.2) is 6.61 Å². The summed E-state index contributed by atoms with van der Waals surface area (Å²) >= 11 is 0. The summed E-state index contributed by atoms with van der Waals surface area (Å²) in [5, 5.41) is 3.00. The van der Waals surface area contributed by atoms with Gasteiger partial charge in [0.05, 0.1) is 5.69 Å². The van der Waals surface area contributed by atoms with Crippen molar-refractivity contribution in [3.63, 3.8) is 0 Å². The molecule has 2 aromatic carbocycles. The van der Waals surface area contributed by atoms with Crippen molar-refractivity contribution in [2.45, 2.75) is 25.3 Å². The van der Waals surface area contributed by atoms with E-state index in [4.69, 9.17) is 4.74 Å². The lowest BCUT2D eigenvalue weighted by Gasteiger charge is -2.33. The molecule has 1 amide bonds. The number of carbonyl (C=O) groups excluding carboxylic acids is 1. The fraction of sp³-hybridized carbons (Fsp3) is 0.350. The smallest absolute Gasteiger partial charge is 0.262 e. The second-order valence-corrected chi connectivity index (χ2v) is 6.59. The van der Waals surface area contributed by atoms with E-state index in [-0.39, 0.29) is 12.5 Å². The molecular weight excluding hydrogens is 300 g/mol. The van der Waals surface area contributed by atoms with Crippen LogP contribution in [0.2, 0.25) is 0 Å². The lowest BCUT2D eigenvalue weighted by Crippen LogP contribution is -2.33. The average Bonchev–Trinajstić information content (AvgIpc) is 2.63. The van der Waals surface area contributed by atoms with E-state index in [1.165, 1.54) is 11.1 Å². The van der Waals surface area contributed by atoms with Gasteiger partial charge in [0, 0.05) is 6.54 Å². The van der Waals surface area contributed by atoms with E-state index in [0.29, 0.717) is 5.92 Å². The topological polar surface area (TPSA) is 41.6 Å². The highest BCUT2D eigenvalue weighted by Gasteiger charge is 2.26. The first-order valence-electron chi connectivity index (χ1n) is 8.61. The molecule has 0 saturated carbocycles. The Kier molecular flexibility index (Phi) is 4.22. The maximum Gasteiger partial charge on any atom is 0.262 e. The summed E-state index contributed by atoms with van der Waals surface area (Å²) in [7, 11) is 0. The zero-order chi connectivity index (χ0) is 16.4. The molecule has 2 aromatic rings. The molecule has 0 bridgehead atoms. The number of nitrogens with one attached hydrogen (secondary N) is 1. The van der Waals surface area contributed by atoms with E-state index in [0.717, 1.165) is 43.9 Å². The molecule has 4 rings (SSSR count). The third kappa shape index (κ3) is 3.15. The molecule has 2 aliphatic heterocycles. The highest BCUT2D eigenvalue weighted by molar-refractivity contribution is 5.96. The minimum Gasteiger partial charge on any atom is -0.482 e. The van der Waals surface area contributed by atoms with Gasteiger partial charge in [-0.3, -0.25) is 9.69 Å². The molecule has 0 atom stereocenters. The van der Waals surface area contributed by atoms with Gasteiger partial charge >= 0.3 is 0 Å². The monoisotopic (exact) mass is 322 g/mol. The minimum absolute atomic E-state index is 0.0588. The molecule has 4 heteroatoms. The van der Waals surface area contributed by atoms with E-state index in [9.17, 15) is 4.79 Å². The van der Waals surface area contributed by atoms with Gasteiger partial charge in [-0.2, -0.15) is 0 Å². The Hall–Kier alpha value is -2.33. The van der Waals surface area contributed by atoms with Gasteiger partial charge < -0.3 is 10.1 Å². The average molecular weight is 322 g/mol. The van der Waals surface area contributed by atoms with Crippen molar-refractivity contribution in [3.05, 3.63) is 59.7 Å². The number of rotatable bonds is 3. The van der Waals surface area contributed by atoms with Crippen molar-refractivity contribution in [1.82, 2.24) is 4.90 Å². The number of nitrogens with zero attached hydrogens (tertiary/aromatic N) is 1. The Balaban J connectivity index is 1.44.